The molecule has 4 heteroatoms. The van der Waals surface area contributed by atoms with Gasteiger partial charge >= 0.3 is 0 Å². The predicted molar refractivity (Wildman–Crippen MR) is 66.6 cm³/mol. The average molecular weight is 217 g/mol. The molecule has 0 spiro atoms. The van der Waals surface area contributed by atoms with Gasteiger partial charge in [0.15, 0.2) is 5.11 Å². The molecule has 0 radical (unpaired) electrons. The first kappa shape index (κ1) is 13.7. The van der Waals surface area contributed by atoms with Crippen LogP contribution in [0.2, 0.25) is 0 Å². The smallest absolute Gasteiger partial charge is 0.166 e. The monoisotopic (exact) mass is 217 g/mol. The molecule has 0 aromatic heterocycles. The van der Waals surface area contributed by atoms with Crippen LogP contribution in [0.1, 0.15) is 20.8 Å². The van der Waals surface area contributed by atoms with Crippen molar-refractivity contribution in [3.63, 3.8) is 0 Å². The Morgan fingerprint density at radius 3 is 2.29 bits per heavy atom. The van der Waals surface area contributed by atoms with Crippen LogP contribution in [0, 0.1) is 5.92 Å². The summed E-state index contributed by atoms with van der Waals surface area (Å²) >= 11 is 5.16. The van der Waals surface area contributed by atoms with Gasteiger partial charge in [-0.15, -0.1) is 0 Å². The van der Waals surface area contributed by atoms with Gasteiger partial charge in [0, 0.05) is 19.1 Å². The summed E-state index contributed by atoms with van der Waals surface area (Å²) in [4.78, 5) is 2.14. The van der Waals surface area contributed by atoms with E-state index < -0.39 is 0 Å². The highest BCUT2D eigenvalue weighted by Crippen LogP contribution is 1.88. The first-order valence-electron chi connectivity index (χ1n) is 5.11. The molecule has 14 heavy (non-hydrogen) atoms. The van der Waals surface area contributed by atoms with Gasteiger partial charge in [0.05, 0.1) is 0 Å². The lowest BCUT2D eigenvalue weighted by Gasteiger charge is -2.20. The van der Waals surface area contributed by atoms with Crippen molar-refractivity contribution in [3.05, 3.63) is 0 Å². The van der Waals surface area contributed by atoms with Gasteiger partial charge in [0.25, 0.3) is 0 Å². The zero-order valence-corrected chi connectivity index (χ0v) is 10.7. The molecule has 0 fully saturated rings. The zero-order valence-electron chi connectivity index (χ0n) is 9.92. The minimum absolute atomic E-state index is 0.386. The van der Waals surface area contributed by atoms with Gasteiger partial charge in [0.2, 0.25) is 0 Å². The Kier molecular flexibility index (Phi) is 6.83. The predicted octanol–water partition coefficient (Wildman–Crippen LogP) is 1.06. The van der Waals surface area contributed by atoms with Crippen molar-refractivity contribution < 1.29 is 0 Å². The fourth-order valence-corrected chi connectivity index (χ4v) is 1.45. The van der Waals surface area contributed by atoms with Gasteiger partial charge in [-0.25, -0.2) is 0 Å². The SMILES string of the molecule is CC(C)CNC(=S)NC(C)CN(C)C. The third kappa shape index (κ3) is 8.26. The van der Waals surface area contributed by atoms with Gasteiger partial charge in [-0.05, 0) is 39.2 Å². The fourth-order valence-electron chi connectivity index (χ4n) is 1.17. The van der Waals surface area contributed by atoms with Crippen LogP contribution in [0.3, 0.4) is 0 Å². The normalized spacial score (nSPS) is 13.1. The third-order valence-electron chi connectivity index (χ3n) is 1.69. The lowest BCUT2D eigenvalue weighted by Crippen LogP contribution is -2.45. The molecule has 0 aromatic carbocycles. The number of rotatable bonds is 5. The molecule has 0 amide bonds. The van der Waals surface area contributed by atoms with Crippen LogP contribution in [0.4, 0.5) is 0 Å². The van der Waals surface area contributed by atoms with E-state index in [0.29, 0.717) is 12.0 Å². The number of hydrogen-bond donors (Lipinski definition) is 2. The summed E-state index contributed by atoms with van der Waals surface area (Å²) < 4.78 is 0. The standard InChI is InChI=1S/C10H23N3S/c1-8(2)6-11-10(14)12-9(3)7-13(4)5/h8-9H,6-7H2,1-5H3,(H2,11,12,14). The van der Waals surface area contributed by atoms with E-state index in [-0.39, 0.29) is 0 Å². The Morgan fingerprint density at radius 1 is 1.29 bits per heavy atom. The highest BCUT2D eigenvalue weighted by molar-refractivity contribution is 7.80. The number of nitrogens with zero attached hydrogens (tertiary/aromatic N) is 1. The fraction of sp³-hybridized carbons (Fsp3) is 0.900. The maximum atomic E-state index is 5.16. The highest BCUT2D eigenvalue weighted by Gasteiger charge is 2.04. The van der Waals surface area contributed by atoms with E-state index in [0.717, 1.165) is 18.2 Å². The first-order valence-corrected chi connectivity index (χ1v) is 5.51. The van der Waals surface area contributed by atoms with Crippen LogP contribution in [0.25, 0.3) is 0 Å². The van der Waals surface area contributed by atoms with E-state index in [1.807, 2.05) is 0 Å². The second-order valence-electron chi connectivity index (χ2n) is 4.41. The quantitative estimate of drug-likeness (QED) is 0.673. The Hall–Kier alpha value is -0.350. The van der Waals surface area contributed by atoms with Crippen molar-refractivity contribution in [1.82, 2.24) is 15.5 Å². The van der Waals surface area contributed by atoms with Gasteiger partial charge in [-0.3, -0.25) is 0 Å². The first-order chi connectivity index (χ1) is 6.41. The maximum absolute atomic E-state index is 5.16. The number of nitrogens with one attached hydrogen (secondary N) is 2. The van der Waals surface area contributed by atoms with Crippen LogP contribution in [0.5, 0.6) is 0 Å². The summed E-state index contributed by atoms with van der Waals surface area (Å²) in [5, 5.41) is 7.19. The molecule has 0 saturated carbocycles. The van der Waals surface area contributed by atoms with Crippen molar-refractivity contribution in [3.8, 4) is 0 Å². The van der Waals surface area contributed by atoms with E-state index in [1.165, 1.54) is 0 Å². The van der Waals surface area contributed by atoms with Crippen LogP contribution in [-0.2, 0) is 0 Å². The van der Waals surface area contributed by atoms with Crippen molar-refractivity contribution in [1.29, 1.82) is 0 Å². The van der Waals surface area contributed by atoms with E-state index in [2.05, 4.69) is 50.4 Å². The summed E-state index contributed by atoms with van der Waals surface area (Å²) in [6.45, 7) is 8.38. The van der Waals surface area contributed by atoms with Crippen molar-refractivity contribution in [2.24, 2.45) is 5.92 Å². The molecule has 0 aliphatic carbocycles. The van der Waals surface area contributed by atoms with Gasteiger partial charge in [-0.1, -0.05) is 13.8 Å². The zero-order chi connectivity index (χ0) is 11.1. The van der Waals surface area contributed by atoms with Gasteiger partial charge < -0.3 is 15.5 Å². The Morgan fingerprint density at radius 2 is 1.86 bits per heavy atom. The lowest BCUT2D eigenvalue weighted by molar-refractivity contribution is 0.369. The molecule has 1 atom stereocenters. The van der Waals surface area contributed by atoms with Gasteiger partial charge in [0.1, 0.15) is 0 Å². The van der Waals surface area contributed by atoms with Gasteiger partial charge in [-0.2, -0.15) is 0 Å². The Labute approximate surface area is 93.2 Å². The summed E-state index contributed by atoms with van der Waals surface area (Å²) in [6.07, 6.45) is 0. The van der Waals surface area contributed by atoms with E-state index in [9.17, 15) is 0 Å². The average Bonchev–Trinajstić information content (AvgIpc) is 1.98. The molecule has 1 unspecified atom stereocenters. The van der Waals surface area contributed by atoms with Crippen LogP contribution in [-0.4, -0.2) is 43.2 Å². The molecule has 0 heterocycles. The molecule has 0 aromatic rings. The molecular weight excluding hydrogens is 194 g/mol. The summed E-state index contributed by atoms with van der Waals surface area (Å²) in [5.74, 6) is 0.624. The molecule has 0 rings (SSSR count). The summed E-state index contributed by atoms with van der Waals surface area (Å²) in [6, 6.07) is 0.386. The van der Waals surface area contributed by atoms with Crippen LogP contribution >= 0.6 is 12.2 Å². The molecule has 0 saturated heterocycles. The Bertz CT molecular complexity index is 169. The van der Waals surface area contributed by atoms with Crippen molar-refractivity contribution in [2.45, 2.75) is 26.8 Å². The summed E-state index contributed by atoms with van der Waals surface area (Å²) in [7, 11) is 4.12. The molecule has 84 valence electrons. The largest absolute Gasteiger partial charge is 0.362 e. The maximum Gasteiger partial charge on any atom is 0.166 e. The minimum atomic E-state index is 0.386. The molecule has 0 aliphatic heterocycles. The van der Waals surface area contributed by atoms with Crippen molar-refractivity contribution in [2.75, 3.05) is 27.2 Å². The number of hydrogen-bond acceptors (Lipinski definition) is 2. The molecule has 0 bridgehead atoms. The lowest BCUT2D eigenvalue weighted by atomic mass is 10.2. The van der Waals surface area contributed by atoms with E-state index >= 15 is 0 Å². The molecule has 2 N–H and O–H groups in total. The van der Waals surface area contributed by atoms with E-state index in [4.69, 9.17) is 12.2 Å². The summed E-state index contributed by atoms with van der Waals surface area (Å²) in [5.41, 5.74) is 0. The topological polar surface area (TPSA) is 27.3 Å². The van der Waals surface area contributed by atoms with Crippen LogP contribution < -0.4 is 10.6 Å². The second kappa shape index (κ2) is 7.01. The minimum Gasteiger partial charge on any atom is -0.362 e. The number of thiocarbonyl (C=S) groups is 1. The third-order valence-corrected chi connectivity index (χ3v) is 1.95. The van der Waals surface area contributed by atoms with E-state index in [1.54, 1.807) is 0 Å². The van der Waals surface area contributed by atoms with Crippen LogP contribution in [0.15, 0.2) is 0 Å². The number of likely N-dealkylation sites (N-methyl/N-ethyl adjacent to an activating group) is 1. The Balaban J connectivity index is 3.60. The molecule has 3 nitrogen and oxygen atoms in total. The second-order valence-corrected chi connectivity index (χ2v) is 4.82. The molecular formula is C10H23N3S. The highest BCUT2D eigenvalue weighted by atomic mass is 32.1. The molecule has 0 aliphatic rings. The van der Waals surface area contributed by atoms with Crippen molar-refractivity contribution >= 4 is 17.3 Å².